The number of hydrogen-bond donors (Lipinski definition) is 1. The molecule has 23 heavy (non-hydrogen) atoms. The summed E-state index contributed by atoms with van der Waals surface area (Å²) in [6.07, 6.45) is 0. The summed E-state index contributed by atoms with van der Waals surface area (Å²) in [4.78, 5) is 5.35. The Morgan fingerprint density at radius 3 is 2.43 bits per heavy atom. The Kier molecular flexibility index (Phi) is 4.08. The summed E-state index contributed by atoms with van der Waals surface area (Å²) in [5.74, 6) is 1.66. The number of anilines is 1. The second kappa shape index (κ2) is 6.21. The van der Waals surface area contributed by atoms with Crippen LogP contribution in [0.1, 0.15) is 11.1 Å². The molecule has 120 valence electrons. The van der Waals surface area contributed by atoms with Crippen LogP contribution in [-0.2, 0) is 0 Å². The number of benzene rings is 2. The van der Waals surface area contributed by atoms with Gasteiger partial charge in [-0.1, -0.05) is 41.6 Å². The molecule has 0 spiro atoms. The predicted molar refractivity (Wildman–Crippen MR) is 98.5 cm³/mol. The predicted octanol–water partition coefficient (Wildman–Crippen LogP) is 4.11. The van der Waals surface area contributed by atoms with Crippen molar-refractivity contribution in [3.63, 3.8) is 0 Å². The number of nitrogens with one attached hydrogen (secondary N) is 1. The van der Waals surface area contributed by atoms with E-state index in [9.17, 15) is 0 Å². The van der Waals surface area contributed by atoms with Crippen LogP contribution in [0.25, 0.3) is 0 Å². The first-order valence-electron chi connectivity index (χ1n) is 8.50. The Balaban J connectivity index is 1.60. The van der Waals surface area contributed by atoms with Crippen LogP contribution in [0.2, 0.25) is 0 Å². The second-order valence-electron chi connectivity index (χ2n) is 6.92. The Labute approximate surface area is 143 Å². The van der Waals surface area contributed by atoms with Crippen LogP contribution in [0.3, 0.4) is 0 Å². The van der Waals surface area contributed by atoms with Crippen LogP contribution in [0.15, 0.2) is 52.3 Å². The summed E-state index contributed by atoms with van der Waals surface area (Å²) >= 11 is 1.91. The van der Waals surface area contributed by atoms with E-state index in [-0.39, 0.29) is 0 Å². The first-order chi connectivity index (χ1) is 11.2. The van der Waals surface area contributed by atoms with E-state index in [2.05, 4.69) is 66.5 Å². The molecule has 2 unspecified atom stereocenters. The van der Waals surface area contributed by atoms with E-state index >= 15 is 0 Å². The molecule has 2 aromatic carbocycles. The maximum atomic E-state index is 3.53. The minimum atomic E-state index is 0.828. The minimum Gasteiger partial charge on any atom is -0.370 e. The van der Waals surface area contributed by atoms with E-state index in [1.807, 2.05) is 11.8 Å². The zero-order valence-corrected chi connectivity index (χ0v) is 14.7. The fourth-order valence-corrected chi connectivity index (χ4v) is 4.93. The molecule has 2 nitrogen and oxygen atoms in total. The molecular weight excluding hydrogens is 300 g/mol. The molecule has 2 aliphatic rings. The van der Waals surface area contributed by atoms with Gasteiger partial charge in [0.15, 0.2) is 0 Å². The van der Waals surface area contributed by atoms with Crippen LogP contribution in [0.4, 0.5) is 5.69 Å². The Hall–Kier alpha value is -1.45. The average Bonchev–Trinajstić information content (AvgIpc) is 3.12. The third kappa shape index (κ3) is 3.00. The molecule has 2 saturated heterocycles. The van der Waals surface area contributed by atoms with Gasteiger partial charge in [0, 0.05) is 36.0 Å². The summed E-state index contributed by atoms with van der Waals surface area (Å²) in [6, 6.07) is 15.6. The van der Waals surface area contributed by atoms with E-state index in [0.717, 1.165) is 11.8 Å². The second-order valence-corrected chi connectivity index (χ2v) is 8.01. The van der Waals surface area contributed by atoms with Crippen molar-refractivity contribution in [2.24, 2.45) is 11.8 Å². The quantitative estimate of drug-likeness (QED) is 0.915. The maximum absolute atomic E-state index is 3.53. The zero-order valence-electron chi connectivity index (χ0n) is 13.9. The Morgan fingerprint density at radius 1 is 0.957 bits per heavy atom. The molecule has 0 amide bonds. The standard InChI is InChI=1S/C20H24N2S/c1-14-7-8-19(15(2)9-14)23-20-6-4-3-5-18(20)22-12-16-10-21-11-17(16)13-22/h3-9,16-17,21H,10-13H2,1-2H3. The number of aryl methyl sites for hydroxylation is 2. The largest absolute Gasteiger partial charge is 0.370 e. The van der Waals surface area contributed by atoms with Crippen LogP contribution in [0.5, 0.6) is 0 Å². The van der Waals surface area contributed by atoms with E-state index in [1.54, 1.807) is 0 Å². The van der Waals surface area contributed by atoms with Crippen molar-refractivity contribution in [1.82, 2.24) is 5.32 Å². The molecule has 0 aliphatic carbocycles. The summed E-state index contributed by atoms with van der Waals surface area (Å²) in [6.45, 7) is 9.14. The lowest BCUT2D eigenvalue weighted by molar-refractivity contribution is 0.533. The lowest BCUT2D eigenvalue weighted by Crippen LogP contribution is -2.25. The van der Waals surface area contributed by atoms with Gasteiger partial charge in [0.1, 0.15) is 0 Å². The number of hydrogen-bond acceptors (Lipinski definition) is 3. The van der Waals surface area contributed by atoms with Gasteiger partial charge in [0.05, 0.1) is 5.69 Å². The topological polar surface area (TPSA) is 15.3 Å². The average molecular weight is 324 g/mol. The fourth-order valence-electron chi connectivity index (χ4n) is 3.89. The van der Waals surface area contributed by atoms with E-state index in [4.69, 9.17) is 0 Å². The van der Waals surface area contributed by atoms with Crippen molar-refractivity contribution in [2.45, 2.75) is 23.6 Å². The number of rotatable bonds is 3. The van der Waals surface area contributed by atoms with Gasteiger partial charge in [-0.2, -0.15) is 0 Å². The molecule has 2 fully saturated rings. The van der Waals surface area contributed by atoms with Gasteiger partial charge >= 0.3 is 0 Å². The first-order valence-corrected chi connectivity index (χ1v) is 9.32. The van der Waals surface area contributed by atoms with Gasteiger partial charge in [-0.15, -0.1) is 0 Å². The van der Waals surface area contributed by atoms with Crippen molar-refractivity contribution in [3.05, 3.63) is 53.6 Å². The van der Waals surface area contributed by atoms with Crippen LogP contribution in [-0.4, -0.2) is 26.2 Å². The highest BCUT2D eigenvalue weighted by Gasteiger charge is 2.36. The number of fused-ring (bicyclic) bond motifs is 1. The lowest BCUT2D eigenvalue weighted by atomic mass is 10.0. The third-order valence-corrected chi connectivity index (χ3v) is 6.39. The molecule has 0 bridgehead atoms. The van der Waals surface area contributed by atoms with E-state index in [1.165, 1.54) is 52.8 Å². The minimum absolute atomic E-state index is 0.828. The highest BCUT2D eigenvalue weighted by atomic mass is 32.2. The number of para-hydroxylation sites is 1. The number of nitrogens with zero attached hydrogens (tertiary/aromatic N) is 1. The first kappa shape index (κ1) is 15.1. The monoisotopic (exact) mass is 324 g/mol. The molecule has 2 aromatic rings. The lowest BCUT2D eigenvalue weighted by Gasteiger charge is -2.23. The van der Waals surface area contributed by atoms with Crippen molar-refractivity contribution in [1.29, 1.82) is 0 Å². The summed E-state index contributed by atoms with van der Waals surface area (Å²) in [5, 5.41) is 3.53. The van der Waals surface area contributed by atoms with Crippen LogP contribution < -0.4 is 10.2 Å². The SMILES string of the molecule is Cc1ccc(Sc2ccccc2N2CC3CNCC3C2)c(C)c1. The van der Waals surface area contributed by atoms with E-state index < -0.39 is 0 Å². The normalized spacial score (nSPS) is 23.3. The molecule has 2 atom stereocenters. The van der Waals surface area contributed by atoms with Crippen molar-refractivity contribution in [2.75, 3.05) is 31.1 Å². The van der Waals surface area contributed by atoms with Crippen LogP contribution in [0, 0.1) is 25.7 Å². The zero-order chi connectivity index (χ0) is 15.8. The Morgan fingerprint density at radius 2 is 1.70 bits per heavy atom. The van der Waals surface area contributed by atoms with Gasteiger partial charge in [0.2, 0.25) is 0 Å². The third-order valence-electron chi connectivity index (χ3n) is 5.15. The molecule has 2 aliphatic heterocycles. The van der Waals surface area contributed by atoms with Crippen molar-refractivity contribution < 1.29 is 0 Å². The van der Waals surface area contributed by atoms with E-state index in [0.29, 0.717) is 0 Å². The van der Waals surface area contributed by atoms with Crippen molar-refractivity contribution in [3.8, 4) is 0 Å². The highest BCUT2D eigenvalue weighted by molar-refractivity contribution is 7.99. The summed E-state index contributed by atoms with van der Waals surface area (Å²) in [5.41, 5.74) is 4.11. The molecule has 1 N–H and O–H groups in total. The van der Waals surface area contributed by atoms with Gasteiger partial charge < -0.3 is 10.2 Å². The van der Waals surface area contributed by atoms with Gasteiger partial charge in [-0.25, -0.2) is 0 Å². The molecule has 2 heterocycles. The highest BCUT2D eigenvalue weighted by Crippen LogP contribution is 2.40. The molecule has 3 heteroatoms. The molecule has 0 radical (unpaired) electrons. The van der Waals surface area contributed by atoms with Gasteiger partial charge in [-0.3, -0.25) is 0 Å². The van der Waals surface area contributed by atoms with Gasteiger partial charge in [0.25, 0.3) is 0 Å². The summed E-state index contributed by atoms with van der Waals surface area (Å²) < 4.78 is 0. The van der Waals surface area contributed by atoms with Crippen molar-refractivity contribution >= 4 is 17.4 Å². The van der Waals surface area contributed by atoms with Crippen LogP contribution >= 0.6 is 11.8 Å². The summed E-state index contributed by atoms with van der Waals surface area (Å²) in [7, 11) is 0. The smallest absolute Gasteiger partial charge is 0.0508 e. The fraction of sp³-hybridized carbons (Fsp3) is 0.400. The molecule has 0 aromatic heterocycles. The Bertz CT molecular complexity index is 701. The molecular formula is C20H24N2S. The van der Waals surface area contributed by atoms with Gasteiger partial charge in [-0.05, 0) is 49.4 Å². The maximum Gasteiger partial charge on any atom is 0.0508 e. The molecule has 0 saturated carbocycles. The molecule has 4 rings (SSSR count).